The van der Waals surface area contributed by atoms with E-state index in [1.807, 2.05) is 6.07 Å². The van der Waals surface area contributed by atoms with E-state index >= 15 is 0 Å². The van der Waals surface area contributed by atoms with Crippen LogP contribution in [-0.4, -0.2) is 6.54 Å². The average Bonchev–Trinajstić information content (AvgIpc) is 2.37. The Labute approximate surface area is 117 Å². The highest BCUT2D eigenvalue weighted by atomic mass is 79.9. The number of terminal acetylenes is 1. The molecule has 0 aliphatic carbocycles. The topological polar surface area (TPSA) is 12.0 Å². The Morgan fingerprint density at radius 1 is 1.50 bits per heavy atom. The molecule has 0 saturated carbocycles. The van der Waals surface area contributed by atoms with E-state index in [4.69, 9.17) is 6.42 Å². The normalized spacial score (nSPS) is 12.1. The van der Waals surface area contributed by atoms with Crippen LogP contribution in [0.25, 0.3) is 0 Å². The van der Waals surface area contributed by atoms with Crippen LogP contribution in [0.1, 0.15) is 44.2 Å². The zero-order valence-corrected chi connectivity index (χ0v) is 12.3. The van der Waals surface area contributed by atoms with Gasteiger partial charge in [0, 0.05) is 22.5 Å². The SMILES string of the molecule is C#CCCCC(NCCC)c1cc(Br)ccc1F. The summed E-state index contributed by atoms with van der Waals surface area (Å²) in [6.45, 7) is 2.98. The van der Waals surface area contributed by atoms with Gasteiger partial charge in [-0.3, -0.25) is 0 Å². The summed E-state index contributed by atoms with van der Waals surface area (Å²) < 4.78 is 14.8. The standard InChI is InChI=1S/C15H19BrFN/c1-3-5-6-7-15(18-10-4-2)13-11-12(16)8-9-14(13)17/h1,8-9,11,15,18H,4-7,10H2,2H3. The maximum Gasteiger partial charge on any atom is 0.128 e. The van der Waals surface area contributed by atoms with Crippen LogP contribution in [-0.2, 0) is 0 Å². The molecule has 1 N–H and O–H groups in total. The molecular formula is C15H19BrFN. The Balaban J connectivity index is 2.79. The number of unbranched alkanes of at least 4 members (excludes halogenated alkanes) is 1. The number of hydrogen-bond donors (Lipinski definition) is 1. The van der Waals surface area contributed by atoms with Gasteiger partial charge in [-0.25, -0.2) is 4.39 Å². The fourth-order valence-corrected chi connectivity index (χ4v) is 2.25. The molecule has 0 saturated heterocycles. The Morgan fingerprint density at radius 3 is 2.94 bits per heavy atom. The van der Waals surface area contributed by atoms with Gasteiger partial charge in [0.2, 0.25) is 0 Å². The predicted molar refractivity (Wildman–Crippen MR) is 77.8 cm³/mol. The van der Waals surface area contributed by atoms with Gasteiger partial charge in [-0.15, -0.1) is 12.3 Å². The Morgan fingerprint density at radius 2 is 2.28 bits per heavy atom. The minimum absolute atomic E-state index is 0.0378. The Kier molecular flexibility index (Phi) is 7.00. The van der Waals surface area contributed by atoms with Crippen LogP contribution in [0, 0.1) is 18.2 Å². The highest BCUT2D eigenvalue weighted by molar-refractivity contribution is 9.10. The molecular weight excluding hydrogens is 293 g/mol. The van der Waals surface area contributed by atoms with Crippen LogP contribution in [0.4, 0.5) is 4.39 Å². The van der Waals surface area contributed by atoms with Gasteiger partial charge in [0.25, 0.3) is 0 Å². The summed E-state index contributed by atoms with van der Waals surface area (Å²) in [4.78, 5) is 0. The maximum absolute atomic E-state index is 13.9. The molecule has 1 nitrogen and oxygen atoms in total. The van der Waals surface area contributed by atoms with Crippen molar-refractivity contribution in [2.24, 2.45) is 0 Å². The van der Waals surface area contributed by atoms with Crippen molar-refractivity contribution >= 4 is 15.9 Å². The quantitative estimate of drug-likeness (QED) is 0.580. The van der Waals surface area contributed by atoms with Gasteiger partial charge in [0.05, 0.1) is 0 Å². The molecule has 1 atom stereocenters. The van der Waals surface area contributed by atoms with Crippen LogP contribution in [0.15, 0.2) is 22.7 Å². The molecule has 0 radical (unpaired) electrons. The Bertz CT molecular complexity index is 411. The van der Waals surface area contributed by atoms with Gasteiger partial charge in [-0.1, -0.05) is 22.9 Å². The molecule has 1 aromatic rings. The highest BCUT2D eigenvalue weighted by Crippen LogP contribution is 2.25. The molecule has 0 fully saturated rings. The largest absolute Gasteiger partial charge is 0.310 e. The molecule has 1 rings (SSSR count). The number of hydrogen-bond acceptors (Lipinski definition) is 1. The van der Waals surface area contributed by atoms with Crippen molar-refractivity contribution in [2.75, 3.05) is 6.54 Å². The summed E-state index contributed by atoms with van der Waals surface area (Å²) in [5, 5.41) is 3.38. The van der Waals surface area contributed by atoms with Crippen molar-refractivity contribution in [1.82, 2.24) is 5.32 Å². The second kappa shape index (κ2) is 8.29. The lowest BCUT2D eigenvalue weighted by Gasteiger charge is -2.19. The van der Waals surface area contributed by atoms with Crippen molar-refractivity contribution in [1.29, 1.82) is 0 Å². The van der Waals surface area contributed by atoms with E-state index < -0.39 is 0 Å². The third-order valence-corrected chi connectivity index (χ3v) is 3.28. The molecule has 0 spiro atoms. The van der Waals surface area contributed by atoms with Crippen molar-refractivity contribution < 1.29 is 4.39 Å². The van der Waals surface area contributed by atoms with E-state index in [0.29, 0.717) is 0 Å². The third-order valence-electron chi connectivity index (χ3n) is 2.79. The summed E-state index contributed by atoms with van der Waals surface area (Å²) in [5.41, 5.74) is 0.717. The van der Waals surface area contributed by atoms with Crippen molar-refractivity contribution in [2.45, 2.75) is 38.6 Å². The maximum atomic E-state index is 13.9. The summed E-state index contributed by atoms with van der Waals surface area (Å²) in [6, 6.07) is 5.10. The minimum atomic E-state index is -0.160. The van der Waals surface area contributed by atoms with Crippen LogP contribution >= 0.6 is 15.9 Å². The van der Waals surface area contributed by atoms with Crippen molar-refractivity contribution in [3.8, 4) is 12.3 Å². The van der Waals surface area contributed by atoms with Crippen LogP contribution in [0.5, 0.6) is 0 Å². The lowest BCUT2D eigenvalue weighted by Crippen LogP contribution is -2.23. The van der Waals surface area contributed by atoms with E-state index in [1.54, 1.807) is 6.07 Å². The van der Waals surface area contributed by atoms with Crippen LogP contribution in [0.3, 0.4) is 0 Å². The first-order valence-electron chi connectivity index (χ1n) is 6.30. The molecule has 98 valence electrons. The first-order valence-corrected chi connectivity index (χ1v) is 7.10. The van der Waals surface area contributed by atoms with Crippen molar-refractivity contribution in [3.05, 3.63) is 34.1 Å². The smallest absolute Gasteiger partial charge is 0.128 e. The summed E-state index contributed by atoms with van der Waals surface area (Å²) in [5.74, 6) is 2.47. The first-order chi connectivity index (χ1) is 8.69. The molecule has 1 aromatic carbocycles. The molecule has 0 aliphatic rings. The molecule has 0 amide bonds. The first kappa shape index (κ1) is 15.2. The number of halogens is 2. The van der Waals surface area contributed by atoms with Gasteiger partial charge in [0.15, 0.2) is 0 Å². The van der Waals surface area contributed by atoms with E-state index in [0.717, 1.165) is 42.3 Å². The fraction of sp³-hybridized carbons (Fsp3) is 0.467. The van der Waals surface area contributed by atoms with Crippen molar-refractivity contribution in [3.63, 3.8) is 0 Å². The lowest BCUT2D eigenvalue weighted by atomic mass is 10.0. The summed E-state index contributed by atoms with van der Waals surface area (Å²) in [6.07, 6.45) is 8.79. The molecule has 3 heteroatoms. The number of rotatable bonds is 7. The summed E-state index contributed by atoms with van der Waals surface area (Å²) in [7, 11) is 0. The Hall–Kier alpha value is -0.850. The monoisotopic (exact) mass is 311 g/mol. The molecule has 0 aliphatic heterocycles. The minimum Gasteiger partial charge on any atom is -0.310 e. The molecule has 0 bridgehead atoms. The van der Waals surface area contributed by atoms with Gasteiger partial charge in [-0.2, -0.15) is 0 Å². The van der Waals surface area contributed by atoms with Gasteiger partial charge >= 0.3 is 0 Å². The zero-order valence-electron chi connectivity index (χ0n) is 10.7. The van der Waals surface area contributed by atoms with Gasteiger partial charge < -0.3 is 5.32 Å². The van der Waals surface area contributed by atoms with E-state index in [9.17, 15) is 4.39 Å². The van der Waals surface area contributed by atoms with Gasteiger partial charge in [0.1, 0.15) is 5.82 Å². The highest BCUT2D eigenvalue weighted by Gasteiger charge is 2.15. The molecule has 0 heterocycles. The van der Waals surface area contributed by atoms with E-state index in [1.165, 1.54) is 6.07 Å². The summed E-state index contributed by atoms with van der Waals surface area (Å²) >= 11 is 3.39. The van der Waals surface area contributed by atoms with E-state index in [2.05, 4.69) is 34.1 Å². The van der Waals surface area contributed by atoms with E-state index in [-0.39, 0.29) is 11.9 Å². The average molecular weight is 312 g/mol. The van der Waals surface area contributed by atoms with Crippen LogP contribution < -0.4 is 5.32 Å². The number of benzene rings is 1. The molecule has 1 unspecified atom stereocenters. The molecule has 18 heavy (non-hydrogen) atoms. The fourth-order valence-electron chi connectivity index (χ4n) is 1.88. The number of nitrogens with one attached hydrogen (secondary N) is 1. The predicted octanol–water partition coefficient (Wildman–Crippen LogP) is 4.43. The van der Waals surface area contributed by atoms with Gasteiger partial charge in [-0.05, 0) is 44.0 Å². The second-order valence-electron chi connectivity index (χ2n) is 4.27. The third kappa shape index (κ3) is 4.80. The molecule has 0 aromatic heterocycles. The zero-order chi connectivity index (χ0) is 13.4. The lowest BCUT2D eigenvalue weighted by molar-refractivity contribution is 0.464. The second-order valence-corrected chi connectivity index (χ2v) is 5.18. The van der Waals surface area contributed by atoms with Crippen LogP contribution in [0.2, 0.25) is 0 Å².